The molecule has 24 heavy (non-hydrogen) atoms. The fourth-order valence-electron chi connectivity index (χ4n) is 4.57. The molecule has 5 heteroatoms. The number of H-pyrrole nitrogens is 1. The highest BCUT2D eigenvalue weighted by molar-refractivity contribution is 5.87. The van der Waals surface area contributed by atoms with Crippen LogP contribution in [0.25, 0.3) is 10.9 Å². The first-order valence-corrected chi connectivity index (χ1v) is 8.67. The van der Waals surface area contributed by atoms with Gasteiger partial charge in [0.05, 0.1) is 12.0 Å². The molecule has 2 N–H and O–H groups in total. The molecule has 2 heterocycles. The maximum absolute atomic E-state index is 13.3. The number of hydrogen-bond acceptors (Lipinski definition) is 2. The molecule has 1 spiro atoms. The topological polar surface area (TPSA) is 48.1 Å². The molecule has 2 aromatic rings. The molecule has 0 radical (unpaired) electrons. The van der Waals surface area contributed by atoms with Crippen molar-refractivity contribution in [1.29, 1.82) is 0 Å². The van der Waals surface area contributed by atoms with E-state index in [0.717, 1.165) is 48.9 Å². The Morgan fingerprint density at radius 1 is 1.29 bits per heavy atom. The van der Waals surface area contributed by atoms with Gasteiger partial charge in [-0.15, -0.1) is 0 Å². The minimum absolute atomic E-state index is 0.202. The number of aromatic nitrogens is 1. The van der Waals surface area contributed by atoms with Gasteiger partial charge >= 0.3 is 0 Å². The first kappa shape index (κ1) is 15.6. The molecule has 1 aliphatic heterocycles. The molecule has 1 aromatic heterocycles. The van der Waals surface area contributed by atoms with Crippen LogP contribution in [-0.4, -0.2) is 35.9 Å². The van der Waals surface area contributed by atoms with Crippen molar-refractivity contribution in [2.24, 2.45) is 10.8 Å². The summed E-state index contributed by atoms with van der Waals surface area (Å²) in [6, 6.07) is 6.63. The minimum atomic E-state index is -0.240. The normalized spacial score (nSPS) is 25.1. The average molecular weight is 329 g/mol. The van der Waals surface area contributed by atoms with E-state index < -0.39 is 0 Å². The lowest BCUT2D eigenvalue weighted by atomic mass is 9.85. The summed E-state index contributed by atoms with van der Waals surface area (Å²) in [5, 5.41) is 4.23. The van der Waals surface area contributed by atoms with Gasteiger partial charge in [0.25, 0.3) is 0 Å². The number of hydrogen-bond donors (Lipinski definition) is 2. The summed E-state index contributed by atoms with van der Waals surface area (Å²) < 4.78 is 13.3. The molecular formula is C19H24FN3O. The molecule has 4 rings (SSSR count). The van der Waals surface area contributed by atoms with Crippen molar-refractivity contribution in [3.8, 4) is 0 Å². The molecule has 1 amide bonds. The van der Waals surface area contributed by atoms with Crippen molar-refractivity contribution in [2.45, 2.75) is 32.7 Å². The molecule has 2 fully saturated rings. The summed E-state index contributed by atoms with van der Waals surface area (Å²) in [6.45, 7) is 4.68. The monoisotopic (exact) mass is 329 g/mol. The van der Waals surface area contributed by atoms with E-state index >= 15 is 0 Å². The van der Waals surface area contributed by atoms with Gasteiger partial charge in [0, 0.05) is 23.6 Å². The number of benzene rings is 1. The van der Waals surface area contributed by atoms with Crippen LogP contribution in [0.4, 0.5) is 4.39 Å². The van der Waals surface area contributed by atoms with Crippen LogP contribution in [0.5, 0.6) is 0 Å². The molecular weight excluding hydrogens is 305 g/mol. The van der Waals surface area contributed by atoms with Crippen molar-refractivity contribution in [1.82, 2.24) is 15.2 Å². The van der Waals surface area contributed by atoms with Crippen LogP contribution < -0.4 is 5.32 Å². The second-order valence-corrected chi connectivity index (χ2v) is 7.73. The number of amides is 1. The van der Waals surface area contributed by atoms with Crippen LogP contribution >= 0.6 is 0 Å². The summed E-state index contributed by atoms with van der Waals surface area (Å²) in [5.41, 5.74) is 1.82. The summed E-state index contributed by atoms with van der Waals surface area (Å²) in [6.07, 6.45) is 3.19. The Balaban J connectivity index is 1.49. The Labute approximate surface area is 141 Å². The van der Waals surface area contributed by atoms with Gasteiger partial charge in [0.1, 0.15) is 5.82 Å². The lowest BCUT2D eigenvalue weighted by Crippen LogP contribution is -2.39. The number of aromatic amines is 1. The lowest BCUT2D eigenvalue weighted by molar-refractivity contribution is -0.137. The second kappa shape index (κ2) is 5.31. The van der Waals surface area contributed by atoms with E-state index in [1.807, 2.05) is 18.0 Å². The first-order chi connectivity index (χ1) is 11.4. The van der Waals surface area contributed by atoms with Crippen LogP contribution in [0.15, 0.2) is 24.3 Å². The number of nitrogens with zero attached hydrogens (tertiary/aromatic N) is 1. The molecule has 4 nitrogen and oxygen atoms in total. The van der Waals surface area contributed by atoms with E-state index in [2.05, 4.69) is 17.2 Å². The summed E-state index contributed by atoms with van der Waals surface area (Å²) in [5.74, 6) is -0.00920. The van der Waals surface area contributed by atoms with Gasteiger partial charge in [-0.1, -0.05) is 6.92 Å². The Bertz CT molecular complexity index is 793. The van der Waals surface area contributed by atoms with E-state index in [1.165, 1.54) is 12.1 Å². The van der Waals surface area contributed by atoms with Gasteiger partial charge in [-0.2, -0.15) is 0 Å². The van der Waals surface area contributed by atoms with E-state index in [9.17, 15) is 9.18 Å². The van der Waals surface area contributed by atoms with Gasteiger partial charge < -0.3 is 15.2 Å². The van der Waals surface area contributed by atoms with Gasteiger partial charge in [0.15, 0.2) is 0 Å². The standard InChI is InChI=1S/C19H24FN3O/c1-18(12-19(18)5-7-21-8-6-19)17(24)23(2)11-15-10-13-9-14(20)3-4-16(13)22-15/h3-4,9-10,21-22H,5-8,11-12H2,1-2H3. The van der Waals surface area contributed by atoms with Crippen LogP contribution in [0.2, 0.25) is 0 Å². The predicted molar refractivity (Wildman–Crippen MR) is 92.0 cm³/mol. The van der Waals surface area contributed by atoms with Crippen molar-refractivity contribution in [3.05, 3.63) is 35.8 Å². The summed E-state index contributed by atoms with van der Waals surface area (Å²) in [4.78, 5) is 18.1. The van der Waals surface area contributed by atoms with Gasteiger partial charge in [-0.05, 0) is 62.0 Å². The molecule has 1 atom stereocenters. The van der Waals surface area contributed by atoms with Crippen LogP contribution in [0.3, 0.4) is 0 Å². The van der Waals surface area contributed by atoms with Gasteiger partial charge in [-0.25, -0.2) is 4.39 Å². The smallest absolute Gasteiger partial charge is 0.229 e. The quantitative estimate of drug-likeness (QED) is 0.909. The number of carbonyl (C=O) groups is 1. The third kappa shape index (κ3) is 2.34. The molecule has 1 unspecified atom stereocenters. The van der Waals surface area contributed by atoms with Crippen molar-refractivity contribution in [2.75, 3.05) is 20.1 Å². The lowest BCUT2D eigenvalue weighted by Gasteiger charge is -2.29. The van der Waals surface area contributed by atoms with E-state index in [-0.39, 0.29) is 22.6 Å². The molecule has 1 aromatic carbocycles. The Morgan fingerprint density at radius 2 is 2.04 bits per heavy atom. The fraction of sp³-hybridized carbons (Fsp3) is 0.526. The molecule has 1 aliphatic carbocycles. The maximum atomic E-state index is 13.3. The number of rotatable bonds is 3. The number of piperidine rings is 1. The fourth-order valence-corrected chi connectivity index (χ4v) is 4.57. The first-order valence-electron chi connectivity index (χ1n) is 8.67. The number of halogens is 1. The van der Waals surface area contributed by atoms with Crippen molar-refractivity contribution in [3.63, 3.8) is 0 Å². The molecule has 1 saturated heterocycles. The molecule has 0 bridgehead atoms. The van der Waals surface area contributed by atoms with Crippen LogP contribution in [0.1, 0.15) is 31.9 Å². The van der Waals surface area contributed by atoms with Crippen molar-refractivity contribution >= 4 is 16.8 Å². The zero-order valence-corrected chi connectivity index (χ0v) is 14.3. The van der Waals surface area contributed by atoms with E-state index in [0.29, 0.717) is 6.54 Å². The zero-order chi connectivity index (χ0) is 16.9. The highest BCUT2D eigenvalue weighted by atomic mass is 19.1. The number of fused-ring (bicyclic) bond motifs is 1. The van der Waals surface area contributed by atoms with Crippen molar-refractivity contribution < 1.29 is 9.18 Å². The van der Waals surface area contributed by atoms with Crippen LogP contribution in [-0.2, 0) is 11.3 Å². The second-order valence-electron chi connectivity index (χ2n) is 7.73. The Kier molecular flexibility index (Phi) is 3.46. The maximum Gasteiger partial charge on any atom is 0.229 e. The zero-order valence-electron chi connectivity index (χ0n) is 14.3. The number of nitrogens with one attached hydrogen (secondary N) is 2. The summed E-state index contributed by atoms with van der Waals surface area (Å²) in [7, 11) is 1.87. The molecule has 1 saturated carbocycles. The predicted octanol–water partition coefficient (Wildman–Crippen LogP) is 3.05. The third-order valence-corrected chi connectivity index (χ3v) is 6.16. The summed E-state index contributed by atoms with van der Waals surface area (Å²) >= 11 is 0. The van der Waals surface area contributed by atoms with E-state index in [4.69, 9.17) is 0 Å². The number of carbonyl (C=O) groups excluding carboxylic acids is 1. The average Bonchev–Trinajstić information content (AvgIpc) is 2.93. The highest BCUT2D eigenvalue weighted by Crippen LogP contribution is 2.68. The van der Waals surface area contributed by atoms with Crippen LogP contribution in [0, 0.1) is 16.6 Å². The van der Waals surface area contributed by atoms with Gasteiger partial charge in [0.2, 0.25) is 5.91 Å². The SMILES string of the molecule is CN(Cc1cc2cc(F)ccc2[nH]1)C(=O)C1(C)CC12CCNCC2. The third-order valence-electron chi connectivity index (χ3n) is 6.16. The highest BCUT2D eigenvalue weighted by Gasteiger charge is 2.68. The Hall–Kier alpha value is -1.88. The largest absolute Gasteiger partial charge is 0.357 e. The Morgan fingerprint density at radius 3 is 2.79 bits per heavy atom. The van der Waals surface area contributed by atoms with E-state index in [1.54, 1.807) is 6.07 Å². The minimum Gasteiger partial charge on any atom is -0.357 e. The molecule has 128 valence electrons. The molecule has 2 aliphatic rings. The van der Waals surface area contributed by atoms with Gasteiger partial charge in [-0.3, -0.25) is 4.79 Å².